The van der Waals surface area contributed by atoms with Crippen molar-refractivity contribution in [2.75, 3.05) is 13.2 Å². The van der Waals surface area contributed by atoms with Crippen LogP contribution in [0.5, 0.6) is 0 Å². The molecule has 0 atom stereocenters. The standard InChI is InChI=1S/C23H22N4O3/c1-15-21(22(26-30-15)16-5-3-2-4-6-16)19-14-27-13-17(7-8-20(27)25-19)23(28)24-18-9-11-29-12-10-18/h2-8,13-14,18H,9-12H2,1H3,(H,24,28). The number of benzene rings is 1. The molecule has 1 aliphatic rings. The molecule has 30 heavy (non-hydrogen) atoms. The Hall–Kier alpha value is -3.45. The molecule has 1 saturated heterocycles. The molecule has 0 unspecified atom stereocenters. The van der Waals surface area contributed by atoms with Gasteiger partial charge in [-0.2, -0.15) is 0 Å². The van der Waals surface area contributed by atoms with Crippen LogP contribution >= 0.6 is 0 Å². The van der Waals surface area contributed by atoms with E-state index in [-0.39, 0.29) is 11.9 Å². The van der Waals surface area contributed by atoms with Crippen molar-refractivity contribution in [1.29, 1.82) is 0 Å². The van der Waals surface area contributed by atoms with Gasteiger partial charge >= 0.3 is 0 Å². The van der Waals surface area contributed by atoms with Crippen molar-refractivity contribution in [1.82, 2.24) is 19.9 Å². The van der Waals surface area contributed by atoms with Gasteiger partial charge in [0.15, 0.2) is 0 Å². The lowest BCUT2D eigenvalue weighted by atomic mass is 10.0. The average molecular weight is 402 g/mol. The smallest absolute Gasteiger partial charge is 0.252 e. The number of fused-ring (bicyclic) bond motifs is 1. The summed E-state index contributed by atoms with van der Waals surface area (Å²) in [4.78, 5) is 17.4. The Bertz CT molecular complexity index is 1190. The van der Waals surface area contributed by atoms with Crippen LogP contribution in [0, 0.1) is 6.92 Å². The van der Waals surface area contributed by atoms with Crippen LogP contribution in [0.4, 0.5) is 0 Å². The minimum atomic E-state index is -0.0785. The molecule has 152 valence electrons. The van der Waals surface area contributed by atoms with Crippen molar-refractivity contribution in [2.24, 2.45) is 0 Å². The quantitative estimate of drug-likeness (QED) is 0.560. The molecule has 0 spiro atoms. The zero-order chi connectivity index (χ0) is 20.5. The van der Waals surface area contributed by atoms with Gasteiger partial charge in [0.25, 0.3) is 5.91 Å². The fourth-order valence-corrected chi connectivity index (χ4v) is 3.82. The molecule has 3 aromatic heterocycles. The topological polar surface area (TPSA) is 81.7 Å². The molecule has 1 amide bonds. The van der Waals surface area contributed by atoms with Crippen LogP contribution in [0.25, 0.3) is 28.2 Å². The largest absolute Gasteiger partial charge is 0.381 e. The summed E-state index contributed by atoms with van der Waals surface area (Å²) < 4.78 is 12.7. The maximum Gasteiger partial charge on any atom is 0.252 e. The third-order valence-corrected chi connectivity index (χ3v) is 5.44. The number of nitrogens with one attached hydrogen (secondary N) is 1. The molecular formula is C23H22N4O3. The van der Waals surface area contributed by atoms with E-state index in [1.807, 2.05) is 60.1 Å². The van der Waals surface area contributed by atoms with E-state index in [4.69, 9.17) is 14.2 Å². The van der Waals surface area contributed by atoms with Crippen LogP contribution in [0.15, 0.2) is 59.4 Å². The van der Waals surface area contributed by atoms with Crippen LogP contribution in [0.1, 0.15) is 29.0 Å². The summed E-state index contributed by atoms with van der Waals surface area (Å²) >= 11 is 0. The predicted octanol–water partition coefficient (Wildman–Crippen LogP) is 3.87. The SMILES string of the molecule is Cc1onc(-c2ccccc2)c1-c1cn2cc(C(=O)NC3CCOCC3)ccc2n1. The molecule has 1 N–H and O–H groups in total. The van der Waals surface area contributed by atoms with Crippen LogP contribution in [-0.4, -0.2) is 39.7 Å². The van der Waals surface area contributed by atoms with Gasteiger partial charge < -0.3 is 19.0 Å². The second-order valence-electron chi connectivity index (χ2n) is 7.50. The molecule has 7 heteroatoms. The summed E-state index contributed by atoms with van der Waals surface area (Å²) in [5.41, 5.74) is 4.70. The lowest BCUT2D eigenvalue weighted by Crippen LogP contribution is -2.38. The van der Waals surface area contributed by atoms with Crippen molar-refractivity contribution >= 4 is 11.6 Å². The van der Waals surface area contributed by atoms with Crippen molar-refractivity contribution < 1.29 is 14.1 Å². The van der Waals surface area contributed by atoms with E-state index in [9.17, 15) is 4.79 Å². The van der Waals surface area contributed by atoms with Crippen molar-refractivity contribution in [2.45, 2.75) is 25.8 Å². The third kappa shape index (κ3) is 3.48. The second kappa shape index (κ2) is 7.76. The number of imidazole rings is 1. The molecule has 0 radical (unpaired) electrons. The van der Waals surface area contributed by atoms with E-state index in [0.717, 1.165) is 41.0 Å². The zero-order valence-corrected chi connectivity index (χ0v) is 16.7. The van der Waals surface area contributed by atoms with E-state index in [2.05, 4.69) is 10.5 Å². The van der Waals surface area contributed by atoms with Crippen molar-refractivity contribution in [3.05, 3.63) is 66.2 Å². The lowest BCUT2D eigenvalue weighted by Gasteiger charge is -2.23. The Morgan fingerprint density at radius 3 is 2.70 bits per heavy atom. The number of amides is 1. The van der Waals surface area contributed by atoms with E-state index < -0.39 is 0 Å². The summed E-state index contributed by atoms with van der Waals surface area (Å²) in [7, 11) is 0. The Kier molecular flexibility index (Phi) is 4.80. The van der Waals surface area contributed by atoms with Gasteiger partial charge in [-0.05, 0) is 31.9 Å². The van der Waals surface area contributed by atoms with Crippen LogP contribution in [0.2, 0.25) is 0 Å². The van der Waals surface area contributed by atoms with Crippen molar-refractivity contribution in [3.63, 3.8) is 0 Å². The maximum atomic E-state index is 12.7. The fourth-order valence-electron chi connectivity index (χ4n) is 3.82. The molecule has 5 rings (SSSR count). The monoisotopic (exact) mass is 402 g/mol. The summed E-state index contributed by atoms with van der Waals surface area (Å²) in [5, 5.41) is 7.34. The number of pyridine rings is 1. The summed E-state index contributed by atoms with van der Waals surface area (Å²) in [5.74, 6) is 0.625. The van der Waals surface area contributed by atoms with Gasteiger partial charge in [0, 0.05) is 37.2 Å². The number of hydrogen-bond acceptors (Lipinski definition) is 5. The first-order chi connectivity index (χ1) is 14.7. The molecule has 4 aromatic rings. The highest BCUT2D eigenvalue weighted by molar-refractivity contribution is 5.94. The summed E-state index contributed by atoms with van der Waals surface area (Å²) in [6, 6.07) is 13.7. The average Bonchev–Trinajstić information content (AvgIpc) is 3.37. The second-order valence-corrected chi connectivity index (χ2v) is 7.50. The number of aromatic nitrogens is 3. The molecule has 0 aliphatic carbocycles. The number of carbonyl (C=O) groups is 1. The van der Waals surface area contributed by atoms with Crippen LogP contribution in [-0.2, 0) is 4.74 Å². The molecule has 7 nitrogen and oxygen atoms in total. The van der Waals surface area contributed by atoms with Gasteiger partial charge in [-0.25, -0.2) is 4.98 Å². The molecule has 1 fully saturated rings. The van der Waals surface area contributed by atoms with Gasteiger partial charge in [0.05, 0.1) is 16.8 Å². The molecule has 0 bridgehead atoms. The zero-order valence-electron chi connectivity index (χ0n) is 16.7. The first kappa shape index (κ1) is 18.6. The number of ether oxygens (including phenoxy) is 1. The fraction of sp³-hybridized carbons (Fsp3) is 0.261. The van der Waals surface area contributed by atoms with Gasteiger partial charge in [-0.3, -0.25) is 4.79 Å². The Balaban J connectivity index is 1.47. The highest BCUT2D eigenvalue weighted by atomic mass is 16.5. The van der Waals surface area contributed by atoms with E-state index in [0.29, 0.717) is 24.5 Å². The molecule has 4 heterocycles. The maximum absolute atomic E-state index is 12.7. The first-order valence-electron chi connectivity index (χ1n) is 10.1. The lowest BCUT2D eigenvalue weighted by molar-refractivity contribution is 0.0696. The highest BCUT2D eigenvalue weighted by Crippen LogP contribution is 2.33. The van der Waals surface area contributed by atoms with Gasteiger partial charge in [-0.1, -0.05) is 35.5 Å². The van der Waals surface area contributed by atoms with Crippen LogP contribution < -0.4 is 5.32 Å². The normalized spacial score (nSPS) is 14.8. The van der Waals surface area contributed by atoms with E-state index in [1.54, 1.807) is 6.07 Å². The Morgan fingerprint density at radius 1 is 1.10 bits per heavy atom. The Morgan fingerprint density at radius 2 is 1.90 bits per heavy atom. The highest BCUT2D eigenvalue weighted by Gasteiger charge is 2.20. The summed E-state index contributed by atoms with van der Waals surface area (Å²) in [6.07, 6.45) is 5.41. The number of carbonyl (C=O) groups excluding carboxylic acids is 1. The van der Waals surface area contributed by atoms with Crippen molar-refractivity contribution in [3.8, 4) is 22.5 Å². The molecule has 0 saturated carbocycles. The van der Waals surface area contributed by atoms with Gasteiger partial charge in [0.2, 0.25) is 0 Å². The molecule has 1 aromatic carbocycles. The minimum absolute atomic E-state index is 0.0785. The minimum Gasteiger partial charge on any atom is -0.381 e. The Labute approximate surface area is 173 Å². The molecule has 1 aliphatic heterocycles. The predicted molar refractivity (Wildman–Crippen MR) is 112 cm³/mol. The summed E-state index contributed by atoms with van der Waals surface area (Å²) in [6.45, 7) is 3.26. The number of nitrogens with zero attached hydrogens (tertiary/aromatic N) is 3. The van der Waals surface area contributed by atoms with E-state index in [1.165, 1.54) is 0 Å². The number of aryl methyl sites for hydroxylation is 1. The van der Waals surface area contributed by atoms with Crippen LogP contribution in [0.3, 0.4) is 0 Å². The van der Waals surface area contributed by atoms with Gasteiger partial charge in [0.1, 0.15) is 17.1 Å². The van der Waals surface area contributed by atoms with E-state index >= 15 is 0 Å². The van der Waals surface area contributed by atoms with Gasteiger partial charge in [-0.15, -0.1) is 0 Å². The number of rotatable bonds is 4. The molecular weight excluding hydrogens is 380 g/mol. The third-order valence-electron chi connectivity index (χ3n) is 5.44. The number of hydrogen-bond donors (Lipinski definition) is 1. The first-order valence-corrected chi connectivity index (χ1v) is 10.1.